The van der Waals surface area contributed by atoms with E-state index in [1.165, 1.54) is 12.1 Å². The number of nitriles is 1. The molecule has 0 spiro atoms. The first-order valence-corrected chi connectivity index (χ1v) is 8.14. The fourth-order valence-corrected chi connectivity index (χ4v) is 2.85. The van der Waals surface area contributed by atoms with Crippen molar-refractivity contribution in [2.45, 2.75) is 6.54 Å². The van der Waals surface area contributed by atoms with Crippen molar-refractivity contribution in [2.75, 3.05) is 5.73 Å². The number of nitrogen functional groups attached to an aromatic ring is 1. The third-order valence-corrected chi connectivity index (χ3v) is 4.13. The van der Waals surface area contributed by atoms with Crippen molar-refractivity contribution in [3.63, 3.8) is 0 Å². The fraction of sp³-hybridized carbons (Fsp3) is 0.0556. The maximum Gasteiger partial charge on any atom is 0.269 e. The zero-order chi connectivity index (χ0) is 19.7. The van der Waals surface area contributed by atoms with Crippen LogP contribution >= 0.6 is 0 Å². The van der Waals surface area contributed by atoms with Crippen LogP contribution in [0.3, 0.4) is 0 Å². The van der Waals surface area contributed by atoms with Crippen molar-refractivity contribution in [1.29, 1.82) is 5.26 Å². The minimum Gasteiger partial charge on any atom is -0.368 e. The molecule has 3 aromatic heterocycles. The van der Waals surface area contributed by atoms with E-state index in [1.807, 2.05) is 0 Å². The number of nitrogens with two attached hydrogens (primary N) is 1. The molecule has 136 valence electrons. The highest BCUT2D eigenvalue weighted by Gasteiger charge is 2.17. The van der Waals surface area contributed by atoms with Gasteiger partial charge in [0.25, 0.3) is 5.69 Å². The molecule has 0 radical (unpaired) electrons. The van der Waals surface area contributed by atoms with E-state index in [0.29, 0.717) is 34.7 Å². The number of nitrogens with zero attached hydrogens (tertiary/aromatic N) is 7. The van der Waals surface area contributed by atoms with Crippen LogP contribution in [-0.4, -0.2) is 29.4 Å². The Morgan fingerprint density at radius 2 is 1.93 bits per heavy atom. The van der Waals surface area contributed by atoms with E-state index in [0.717, 1.165) is 5.56 Å². The van der Waals surface area contributed by atoms with Gasteiger partial charge in [0, 0.05) is 18.3 Å². The number of aromatic nitrogens is 5. The predicted molar refractivity (Wildman–Crippen MR) is 99.9 cm³/mol. The number of benzene rings is 1. The van der Waals surface area contributed by atoms with Gasteiger partial charge in [-0.25, -0.2) is 9.97 Å². The number of hydrogen-bond donors (Lipinski definition) is 1. The summed E-state index contributed by atoms with van der Waals surface area (Å²) in [5.41, 5.74) is 8.79. The molecule has 4 aromatic rings. The van der Waals surface area contributed by atoms with Crippen LogP contribution in [0, 0.1) is 21.4 Å². The molecule has 0 aliphatic rings. The summed E-state index contributed by atoms with van der Waals surface area (Å²) in [5, 5.41) is 20.1. The first kappa shape index (κ1) is 17.0. The van der Waals surface area contributed by atoms with Gasteiger partial charge < -0.3 is 10.3 Å². The summed E-state index contributed by atoms with van der Waals surface area (Å²) in [6.07, 6.45) is 3.15. The molecule has 4 rings (SSSR count). The van der Waals surface area contributed by atoms with E-state index >= 15 is 0 Å². The molecular weight excluding hydrogens is 360 g/mol. The largest absolute Gasteiger partial charge is 0.368 e. The molecule has 0 atom stereocenters. The number of anilines is 1. The van der Waals surface area contributed by atoms with Crippen LogP contribution in [0.5, 0.6) is 0 Å². The molecule has 28 heavy (non-hydrogen) atoms. The Bertz CT molecular complexity index is 1240. The van der Waals surface area contributed by atoms with Gasteiger partial charge in [-0.1, -0.05) is 12.1 Å². The highest BCUT2D eigenvalue weighted by atomic mass is 16.6. The molecule has 0 unspecified atom stereocenters. The quantitative estimate of drug-likeness (QED) is 0.423. The van der Waals surface area contributed by atoms with E-state index in [4.69, 9.17) is 5.73 Å². The fourth-order valence-electron chi connectivity index (χ4n) is 2.85. The monoisotopic (exact) mass is 372 g/mol. The number of imidazole rings is 1. The van der Waals surface area contributed by atoms with E-state index in [-0.39, 0.29) is 11.6 Å². The maximum atomic E-state index is 10.8. The second-order valence-electron chi connectivity index (χ2n) is 5.91. The zero-order valence-electron chi connectivity index (χ0n) is 14.4. The normalized spacial score (nSPS) is 10.7. The van der Waals surface area contributed by atoms with E-state index in [9.17, 15) is 15.4 Å². The van der Waals surface area contributed by atoms with E-state index < -0.39 is 4.92 Å². The minimum absolute atomic E-state index is 0.0206. The van der Waals surface area contributed by atoms with Gasteiger partial charge in [0.2, 0.25) is 5.95 Å². The molecule has 0 fully saturated rings. The molecule has 0 amide bonds. The minimum atomic E-state index is -0.448. The van der Waals surface area contributed by atoms with Crippen LogP contribution in [-0.2, 0) is 6.54 Å². The number of hydrogen-bond acceptors (Lipinski definition) is 8. The highest BCUT2D eigenvalue weighted by molar-refractivity contribution is 5.88. The molecule has 0 aliphatic heterocycles. The molecule has 1 aromatic carbocycles. The lowest BCUT2D eigenvalue weighted by molar-refractivity contribution is -0.384. The SMILES string of the molecule is N#Cc1cccnc1-c1nc(N)nc2c1ncn2Cc1ccc([N+](=O)[O-])cc1. The Hall–Kier alpha value is -4.39. The van der Waals surface area contributed by atoms with Crippen LogP contribution in [0.15, 0.2) is 48.9 Å². The lowest BCUT2D eigenvalue weighted by atomic mass is 10.1. The van der Waals surface area contributed by atoms with Gasteiger partial charge in [0.15, 0.2) is 5.65 Å². The molecule has 0 aliphatic carbocycles. The van der Waals surface area contributed by atoms with Crippen LogP contribution < -0.4 is 5.73 Å². The Kier molecular flexibility index (Phi) is 4.10. The molecule has 0 bridgehead atoms. The summed E-state index contributed by atoms with van der Waals surface area (Å²) in [4.78, 5) is 27.5. The molecule has 3 heterocycles. The Morgan fingerprint density at radius 1 is 1.14 bits per heavy atom. The first-order valence-electron chi connectivity index (χ1n) is 8.14. The van der Waals surface area contributed by atoms with Gasteiger partial charge in [-0.2, -0.15) is 10.2 Å². The molecule has 10 nitrogen and oxygen atoms in total. The van der Waals surface area contributed by atoms with Crippen molar-refractivity contribution in [3.8, 4) is 17.5 Å². The molecule has 0 saturated carbocycles. The molecule has 0 saturated heterocycles. The zero-order valence-corrected chi connectivity index (χ0v) is 14.4. The third kappa shape index (κ3) is 2.97. The Labute approximate surface area is 158 Å². The number of pyridine rings is 1. The number of rotatable bonds is 4. The Morgan fingerprint density at radius 3 is 2.64 bits per heavy atom. The smallest absolute Gasteiger partial charge is 0.269 e. The summed E-state index contributed by atoms with van der Waals surface area (Å²) in [5.74, 6) is 0.0301. The lowest BCUT2D eigenvalue weighted by Crippen LogP contribution is -2.04. The van der Waals surface area contributed by atoms with Crippen molar-refractivity contribution >= 4 is 22.8 Å². The molecule has 2 N–H and O–H groups in total. The van der Waals surface area contributed by atoms with Gasteiger partial charge in [0.05, 0.1) is 23.4 Å². The van der Waals surface area contributed by atoms with E-state index in [1.54, 1.807) is 41.4 Å². The van der Waals surface area contributed by atoms with E-state index in [2.05, 4.69) is 26.0 Å². The maximum absolute atomic E-state index is 10.8. The third-order valence-electron chi connectivity index (χ3n) is 4.13. The first-order chi connectivity index (χ1) is 13.6. The van der Waals surface area contributed by atoms with Crippen molar-refractivity contribution < 1.29 is 4.92 Å². The topological polar surface area (TPSA) is 149 Å². The lowest BCUT2D eigenvalue weighted by Gasteiger charge is -2.07. The van der Waals surface area contributed by atoms with Crippen molar-refractivity contribution in [2.24, 2.45) is 0 Å². The van der Waals surface area contributed by atoms with Crippen LogP contribution in [0.1, 0.15) is 11.1 Å². The number of nitro benzene ring substituents is 1. The van der Waals surface area contributed by atoms with Gasteiger partial charge in [-0.15, -0.1) is 0 Å². The second kappa shape index (κ2) is 6.73. The van der Waals surface area contributed by atoms with Gasteiger partial charge >= 0.3 is 0 Å². The average molecular weight is 372 g/mol. The summed E-state index contributed by atoms with van der Waals surface area (Å²) < 4.78 is 1.76. The van der Waals surface area contributed by atoms with Gasteiger partial charge in [0.1, 0.15) is 23.0 Å². The van der Waals surface area contributed by atoms with Crippen LogP contribution in [0.25, 0.3) is 22.6 Å². The molecular formula is C18H12N8O2. The van der Waals surface area contributed by atoms with Gasteiger partial charge in [-0.3, -0.25) is 15.1 Å². The van der Waals surface area contributed by atoms with Crippen LogP contribution in [0.2, 0.25) is 0 Å². The summed E-state index contributed by atoms with van der Waals surface area (Å²) in [6.45, 7) is 0.387. The van der Waals surface area contributed by atoms with Crippen molar-refractivity contribution in [3.05, 3.63) is 70.2 Å². The number of non-ortho nitro benzene ring substituents is 1. The predicted octanol–water partition coefficient (Wildman–Crippen LogP) is 2.30. The summed E-state index contributed by atoms with van der Waals surface area (Å²) >= 11 is 0. The summed E-state index contributed by atoms with van der Waals surface area (Å²) in [7, 11) is 0. The van der Waals surface area contributed by atoms with Crippen molar-refractivity contribution in [1.82, 2.24) is 24.5 Å². The molecule has 10 heteroatoms. The highest BCUT2D eigenvalue weighted by Crippen LogP contribution is 2.27. The van der Waals surface area contributed by atoms with Crippen LogP contribution in [0.4, 0.5) is 11.6 Å². The Balaban J connectivity index is 1.79. The number of fused-ring (bicyclic) bond motifs is 1. The average Bonchev–Trinajstić information content (AvgIpc) is 3.10. The standard InChI is InChI=1S/C18H12N8O2/c19-8-12-2-1-7-21-14(12)15-16-17(24-18(20)23-15)25(10-22-16)9-11-3-5-13(6-4-11)26(27)28/h1-7,10H,9H2,(H2,20,23,24). The summed E-state index contributed by atoms with van der Waals surface area (Å²) in [6, 6.07) is 11.6. The van der Waals surface area contributed by atoms with Gasteiger partial charge in [-0.05, 0) is 17.7 Å². The number of nitro groups is 1. The second-order valence-corrected chi connectivity index (χ2v) is 5.91.